The minimum Gasteiger partial charge on any atom is -0.323 e. The molecule has 2 aliphatic heterocycles. The van der Waals surface area contributed by atoms with Crippen molar-refractivity contribution < 1.29 is 4.79 Å². The second-order valence-corrected chi connectivity index (χ2v) is 6.01. The maximum Gasteiger partial charge on any atom is 0.240 e. The average molecular weight is 242 g/mol. The summed E-state index contributed by atoms with van der Waals surface area (Å²) in [5.74, 6) is 2.74. The number of hydrogen-bond donors (Lipinski definition) is 1. The highest BCUT2D eigenvalue weighted by molar-refractivity contribution is 7.99. The number of carbonyl (C=O) groups is 1. The molecular weight excluding hydrogens is 220 g/mol. The summed E-state index contributed by atoms with van der Waals surface area (Å²) >= 11 is 2.02. The molecule has 0 aromatic carbocycles. The topological polar surface area (TPSA) is 32.3 Å². The molecule has 0 spiro atoms. The van der Waals surface area contributed by atoms with Crippen LogP contribution in [0.5, 0.6) is 0 Å². The third-order valence-electron chi connectivity index (χ3n) is 3.55. The molecule has 2 saturated heterocycles. The molecule has 1 amide bonds. The van der Waals surface area contributed by atoms with E-state index in [0.29, 0.717) is 18.1 Å². The number of nitrogens with zero attached hydrogens (tertiary/aromatic N) is 1. The van der Waals surface area contributed by atoms with E-state index in [1.54, 1.807) is 0 Å². The predicted octanol–water partition coefficient (Wildman–Crippen LogP) is 1.83. The Kier molecular flexibility index (Phi) is 4.14. The maximum atomic E-state index is 12.1. The monoisotopic (exact) mass is 242 g/mol. The number of rotatable bonds is 3. The van der Waals surface area contributed by atoms with Crippen LogP contribution >= 0.6 is 11.8 Å². The molecule has 16 heavy (non-hydrogen) atoms. The lowest BCUT2D eigenvalue weighted by Gasteiger charge is -2.35. The number of thioether (sulfide) groups is 1. The Labute approximate surface area is 102 Å². The van der Waals surface area contributed by atoms with Crippen molar-refractivity contribution in [2.45, 2.75) is 57.8 Å². The third-order valence-corrected chi connectivity index (χ3v) is 4.60. The fraction of sp³-hybridized carbons (Fsp3) is 0.917. The van der Waals surface area contributed by atoms with Crippen LogP contribution in [-0.4, -0.2) is 40.6 Å². The average Bonchev–Trinajstić information content (AvgIpc) is 2.57. The molecule has 92 valence electrons. The molecule has 2 unspecified atom stereocenters. The van der Waals surface area contributed by atoms with E-state index in [1.165, 1.54) is 24.3 Å². The van der Waals surface area contributed by atoms with Gasteiger partial charge in [-0.15, -0.1) is 0 Å². The van der Waals surface area contributed by atoms with Crippen LogP contribution in [0.1, 0.15) is 39.5 Å². The van der Waals surface area contributed by atoms with Crippen LogP contribution in [0.15, 0.2) is 0 Å². The predicted molar refractivity (Wildman–Crippen MR) is 68.5 cm³/mol. The van der Waals surface area contributed by atoms with Crippen LogP contribution < -0.4 is 5.32 Å². The molecule has 0 aromatic heterocycles. The second kappa shape index (κ2) is 5.41. The summed E-state index contributed by atoms with van der Waals surface area (Å²) in [4.78, 5) is 14.3. The van der Waals surface area contributed by atoms with Gasteiger partial charge in [-0.2, -0.15) is 11.8 Å². The Morgan fingerprint density at radius 1 is 1.44 bits per heavy atom. The Morgan fingerprint density at radius 2 is 2.12 bits per heavy atom. The minimum absolute atomic E-state index is 0.0196. The van der Waals surface area contributed by atoms with E-state index >= 15 is 0 Å². The minimum atomic E-state index is 0.0196. The van der Waals surface area contributed by atoms with E-state index in [9.17, 15) is 4.79 Å². The molecule has 2 heterocycles. The summed E-state index contributed by atoms with van der Waals surface area (Å²) in [5, 5.41) is 3.42. The summed E-state index contributed by atoms with van der Waals surface area (Å²) in [5.41, 5.74) is 0. The zero-order chi connectivity index (χ0) is 11.5. The molecule has 2 rings (SSSR count). The van der Waals surface area contributed by atoms with Crippen molar-refractivity contribution in [3.8, 4) is 0 Å². The van der Waals surface area contributed by atoms with E-state index in [-0.39, 0.29) is 6.04 Å². The van der Waals surface area contributed by atoms with Crippen LogP contribution in [0.3, 0.4) is 0 Å². The van der Waals surface area contributed by atoms with Gasteiger partial charge < -0.3 is 4.90 Å². The van der Waals surface area contributed by atoms with Gasteiger partial charge in [-0.05, 0) is 37.7 Å². The SMILES string of the molecule is CCCC1NC(C)C(=O)N1C1CCSCC1. The van der Waals surface area contributed by atoms with Gasteiger partial charge in [0, 0.05) is 6.04 Å². The van der Waals surface area contributed by atoms with Gasteiger partial charge in [0.05, 0.1) is 12.2 Å². The number of nitrogens with one attached hydrogen (secondary N) is 1. The first-order valence-electron chi connectivity index (χ1n) is 6.40. The number of amides is 1. The van der Waals surface area contributed by atoms with Gasteiger partial charge in [0.15, 0.2) is 0 Å². The fourth-order valence-electron chi connectivity index (χ4n) is 2.71. The Morgan fingerprint density at radius 3 is 2.75 bits per heavy atom. The molecular formula is C12H22N2OS. The van der Waals surface area contributed by atoms with Gasteiger partial charge >= 0.3 is 0 Å². The van der Waals surface area contributed by atoms with Crippen molar-refractivity contribution in [2.24, 2.45) is 0 Å². The van der Waals surface area contributed by atoms with Gasteiger partial charge in [0.1, 0.15) is 0 Å². The summed E-state index contributed by atoms with van der Waals surface area (Å²) in [6.07, 6.45) is 4.85. The van der Waals surface area contributed by atoms with Crippen LogP contribution in [0.2, 0.25) is 0 Å². The molecule has 2 fully saturated rings. The highest BCUT2D eigenvalue weighted by Crippen LogP contribution is 2.27. The van der Waals surface area contributed by atoms with Crippen molar-refractivity contribution >= 4 is 17.7 Å². The lowest BCUT2D eigenvalue weighted by Crippen LogP contribution is -2.46. The lowest BCUT2D eigenvalue weighted by atomic mass is 10.1. The molecule has 0 radical (unpaired) electrons. The van der Waals surface area contributed by atoms with Crippen LogP contribution in [0, 0.1) is 0 Å². The van der Waals surface area contributed by atoms with Crippen molar-refractivity contribution in [1.29, 1.82) is 0 Å². The quantitative estimate of drug-likeness (QED) is 0.819. The Balaban J connectivity index is 2.05. The zero-order valence-corrected chi connectivity index (χ0v) is 11.1. The number of hydrogen-bond acceptors (Lipinski definition) is 3. The normalized spacial score (nSPS) is 32.4. The third kappa shape index (κ3) is 2.38. The molecule has 0 aliphatic carbocycles. The van der Waals surface area contributed by atoms with Gasteiger partial charge in [0.25, 0.3) is 0 Å². The molecule has 1 N–H and O–H groups in total. The molecule has 4 heteroatoms. The molecule has 0 aromatic rings. The largest absolute Gasteiger partial charge is 0.323 e. The summed E-state index contributed by atoms with van der Waals surface area (Å²) in [6.45, 7) is 4.17. The summed E-state index contributed by atoms with van der Waals surface area (Å²) in [7, 11) is 0. The second-order valence-electron chi connectivity index (χ2n) is 4.78. The van der Waals surface area contributed by atoms with Crippen LogP contribution in [0.4, 0.5) is 0 Å². The Bertz CT molecular complexity index is 249. The van der Waals surface area contributed by atoms with Gasteiger partial charge in [-0.1, -0.05) is 13.3 Å². The number of carbonyl (C=O) groups excluding carboxylic acids is 1. The van der Waals surface area contributed by atoms with E-state index in [2.05, 4.69) is 17.1 Å². The van der Waals surface area contributed by atoms with Gasteiger partial charge in [0.2, 0.25) is 5.91 Å². The molecule has 2 atom stereocenters. The highest BCUT2D eigenvalue weighted by atomic mass is 32.2. The first-order chi connectivity index (χ1) is 7.74. The zero-order valence-electron chi connectivity index (χ0n) is 10.2. The van der Waals surface area contributed by atoms with Crippen molar-refractivity contribution in [3.05, 3.63) is 0 Å². The molecule has 0 bridgehead atoms. The molecule has 3 nitrogen and oxygen atoms in total. The first-order valence-corrected chi connectivity index (χ1v) is 7.55. The summed E-state index contributed by atoms with van der Waals surface area (Å²) < 4.78 is 0. The van der Waals surface area contributed by atoms with Crippen molar-refractivity contribution in [3.63, 3.8) is 0 Å². The fourth-order valence-corrected chi connectivity index (χ4v) is 3.79. The van der Waals surface area contributed by atoms with Gasteiger partial charge in [-0.25, -0.2) is 0 Å². The summed E-state index contributed by atoms with van der Waals surface area (Å²) in [6, 6.07) is 0.508. The molecule has 0 saturated carbocycles. The smallest absolute Gasteiger partial charge is 0.240 e. The molecule has 2 aliphatic rings. The van der Waals surface area contributed by atoms with Crippen LogP contribution in [0.25, 0.3) is 0 Å². The maximum absolute atomic E-state index is 12.1. The van der Waals surface area contributed by atoms with E-state index in [4.69, 9.17) is 0 Å². The van der Waals surface area contributed by atoms with Crippen LogP contribution in [-0.2, 0) is 4.79 Å². The van der Waals surface area contributed by atoms with E-state index < -0.39 is 0 Å². The van der Waals surface area contributed by atoms with E-state index in [0.717, 1.165) is 12.8 Å². The standard InChI is InChI=1S/C12H22N2OS/c1-3-4-11-13-9(2)12(15)14(11)10-5-7-16-8-6-10/h9-11,13H,3-8H2,1-2H3. The van der Waals surface area contributed by atoms with Crippen molar-refractivity contribution in [1.82, 2.24) is 10.2 Å². The Hall–Kier alpha value is -0.220. The first kappa shape index (κ1) is 12.2. The van der Waals surface area contributed by atoms with E-state index in [1.807, 2.05) is 18.7 Å². The lowest BCUT2D eigenvalue weighted by molar-refractivity contribution is -0.132. The van der Waals surface area contributed by atoms with Gasteiger partial charge in [-0.3, -0.25) is 10.1 Å². The van der Waals surface area contributed by atoms with Crippen molar-refractivity contribution in [2.75, 3.05) is 11.5 Å². The highest BCUT2D eigenvalue weighted by Gasteiger charge is 2.39.